The van der Waals surface area contributed by atoms with Crippen molar-refractivity contribution >= 4 is 17.5 Å². The monoisotopic (exact) mass is 216 g/mol. The number of amides is 1. The minimum Gasteiger partial charge on any atom is -0.481 e. The second kappa shape index (κ2) is 4.26. The molecule has 0 aliphatic rings. The summed E-state index contributed by atoms with van der Waals surface area (Å²) in [5.41, 5.74) is 5.09. The van der Waals surface area contributed by atoms with Gasteiger partial charge in [-0.2, -0.15) is 0 Å². The maximum atomic E-state index is 10.7. The fraction of sp³-hybridized carbons (Fsp3) is 0.250. The first-order valence-corrected chi connectivity index (χ1v) is 4.11. The molecular formula is C8H9ClN2O3. The van der Waals surface area contributed by atoms with Crippen LogP contribution in [0.5, 0.6) is 5.88 Å². The van der Waals surface area contributed by atoms with Gasteiger partial charge in [-0.25, -0.2) is 4.98 Å². The molecule has 1 rings (SSSR count). The average molecular weight is 217 g/mol. The van der Waals surface area contributed by atoms with Gasteiger partial charge >= 0.3 is 0 Å². The van der Waals surface area contributed by atoms with Crippen LogP contribution < -0.4 is 10.5 Å². The molecular weight excluding hydrogens is 208 g/mol. The van der Waals surface area contributed by atoms with Crippen molar-refractivity contribution in [3.05, 3.63) is 22.8 Å². The summed E-state index contributed by atoms with van der Waals surface area (Å²) in [5, 5.41) is 9.67. The Labute approximate surface area is 85.5 Å². The van der Waals surface area contributed by atoms with E-state index in [1.54, 1.807) is 0 Å². The molecule has 0 saturated heterocycles. The summed E-state index contributed by atoms with van der Waals surface area (Å²) in [6.45, 7) is 0. The number of rotatable bonds is 3. The standard InChI is InChI=1S/C8H9ClN2O3/c1-14-8-5(6(12)7(10)13)2-4(9)3-11-8/h2-3,6,12H,1H3,(H2,10,13). The van der Waals surface area contributed by atoms with Crippen LogP contribution in [0.3, 0.4) is 0 Å². The predicted octanol–water partition coefficient (Wildman–Crippen LogP) is 0.262. The number of aliphatic hydroxyl groups excluding tert-OH is 1. The van der Waals surface area contributed by atoms with Gasteiger partial charge in [-0.3, -0.25) is 4.79 Å². The largest absolute Gasteiger partial charge is 0.481 e. The van der Waals surface area contributed by atoms with Crippen molar-refractivity contribution in [2.45, 2.75) is 6.10 Å². The second-order valence-corrected chi connectivity index (χ2v) is 2.99. The van der Waals surface area contributed by atoms with Crippen molar-refractivity contribution in [1.29, 1.82) is 0 Å². The molecule has 1 amide bonds. The normalized spacial score (nSPS) is 12.2. The summed E-state index contributed by atoms with van der Waals surface area (Å²) in [6, 6.07) is 1.38. The Morgan fingerprint density at radius 3 is 2.93 bits per heavy atom. The molecule has 3 N–H and O–H groups in total. The number of hydrogen-bond donors (Lipinski definition) is 2. The molecule has 0 radical (unpaired) electrons. The van der Waals surface area contributed by atoms with Gasteiger partial charge in [0.25, 0.3) is 5.91 Å². The van der Waals surface area contributed by atoms with Gasteiger partial charge < -0.3 is 15.6 Å². The zero-order valence-corrected chi connectivity index (χ0v) is 8.15. The smallest absolute Gasteiger partial charge is 0.251 e. The molecule has 1 aromatic heterocycles. The molecule has 1 atom stereocenters. The molecule has 1 aromatic rings. The summed E-state index contributed by atoms with van der Waals surface area (Å²) in [5.74, 6) is -0.756. The van der Waals surface area contributed by atoms with E-state index in [1.165, 1.54) is 19.4 Å². The van der Waals surface area contributed by atoms with Crippen LogP contribution in [0.4, 0.5) is 0 Å². The Morgan fingerprint density at radius 1 is 1.79 bits per heavy atom. The van der Waals surface area contributed by atoms with Crippen molar-refractivity contribution < 1.29 is 14.6 Å². The number of carbonyl (C=O) groups excluding carboxylic acids is 1. The summed E-state index contributed by atoms with van der Waals surface area (Å²) in [4.78, 5) is 14.5. The number of ether oxygens (including phenoxy) is 1. The first-order chi connectivity index (χ1) is 6.56. The average Bonchev–Trinajstić information content (AvgIpc) is 2.16. The summed E-state index contributed by atoms with van der Waals surface area (Å²) in [6.07, 6.45) is -0.117. The van der Waals surface area contributed by atoms with E-state index >= 15 is 0 Å². The lowest BCUT2D eigenvalue weighted by atomic mass is 10.1. The Morgan fingerprint density at radius 2 is 2.43 bits per heavy atom. The molecule has 5 nitrogen and oxygen atoms in total. The third-order valence-corrected chi connectivity index (χ3v) is 1.81. The summed E-state index contributed by atoms with van der Waals surface area (Å²) in [7, 11) is 1.37. The zero-order valence-electron chi connectivity index (χ0n) is 7.40. The predicted molar refractivity (Wildman–Crippen MR) is 50.0 cm³/mol. The number of aromatic nitrogens is 1. The lowest BCUT2D eigenvalue weighted by Crippen LogP contribution is -2.21. The van der Waals surface area contributed by atoms with Crippen LogP contribution in [0.1, 0.15) is 11.7 Å². The summed E-state index contributed by atoms with van der Waals surface area (Å²) >= 11 is 5.64. The lowest BCUT2D eigenvalue weighted by Gasteiger charge is -2.10. The highest BCUT2D eigenvalue weighted by atomic mass is 35.5. The van der Waals surface area contributed by atoms with Crippen molar-refractivity contribution in [3.8, 4) is 5.88 Å². The Balaban J connectivity index is 3.16. The number of nitrogens with zero attached hydrogens (tertiary/aromatic N) is 1. The number of aliphatic hydroxyl groups is 1. The third kappa shape index (κ3) is 2.12. The SMILES string of the molecule is COc1ncc(Cl)cc1C(O)C(N)=O. The van der Waals surface area contributed by atoms with E-state index in [-0.39, 0.29) is 11.4 Å². The zero-order chi connectivity index (χ0) is 10.7. The number of primary amides is 1. The first-order valence-electron chi connectivity index (χ1n) is 3.73. The molecule has 0 saturated carbocycles. The molecule has 0 aliphatic carbocycles. The van der Waals surface area contributed by atoms with E-state index in [4.69, 9.17) is 22.1 Å². The number of carbonyl (C=O) groups is 1. The van der Waals surface area contributed by atoms with Crippen molar-refractivity contribution in [3.63, 3.8) is 0 Å². The van der Waals surface area contributed by atoms with Crippen LogP contribution in [-0.2, 0) is 4.79 Å². The maximum Gasteiger partial charge on any atom is 0.251 e. The summed E-state index contributed by atoms with van der Waals surface area (Å²) < 4.78 is 4.83. The van der Waals surface area contributed by atoms with E-state index in [9.17, 15) is 9.90 Å². The van der Waals surface area contributed by atoms with Gasteiger partial charge in [0.2, 0.25) is 5.88 Å². The van der Waals surface area contributed by atoms with E-state index in [2.05, 4.69) is 4.98 Å². The van der Waals surface area contributed by atoms with Crippen LogP contribution in [-0.4, -0.2) is 23.1 Å². The van der Waals surface area contributed by atoms with Crippen LogP contribution >= 0.6 is 11.6 Å². The Kier molecular flexibility index (Phi) is 3.27. The van der Waals surface area contributed by atoms with E-state index < -0.39 is 12.0 Å². The number of hydrogen-bond acceptors (Lipinski definition) is 4. The fourth-order valence-electron chi connectivity index (χ4n) is 0.962. The lowest BCUT2D eigenvalue weighted by molar-refractivity contribution is -0.126. The van der Waals surface area contributed by atoms with Gasteiger partial charge in [-0.05, 0) is 6.07 Å². The molecule has 6 heteroatoms. The highest BCUT2D eigenvalue weighted by Gasteiger charge is 2.19. The Hall–Kier alpha value is -1.33. The van der Waals surface area contributed by atoms with Crippen LogP contribution in [0.15, 0.2) is 12.3 Å². The molecule has 76 valence electrons. The van der Waals surface area contributed by atoms with Gasteiger partial charge in [-0.1, -0.05) is 11.6 Å². The first kappa shape index (κ1) is 10.7. The number of nitrogens with two attached hydrogens (primary N) is 1. The number of methoxy groups -OCH3 is 1. The van der Waals surface area contributed by atoms with Gasteiger partial charge in [0.15, 0.2) is 6.10 Å². The van der Waals surface area contributed by atoms with Crippen molar-refractivity contribution in [2.24, 2.45) is 5.73 Å². The van der Waals surface area contributed by atoms with Gasteiger partial charge in [0, 0.05) is 6.20 Å². The molecule has 0 spiro atoms. The highest BCUT2D eigenvalue weighted by Crippen LogP contribution is 2.25. The van der Waals surface area contributed by atoms with E-state index in [0.717, 1.165) is 0 Å². The minimum absolute atomic E-state index is 0.126. The third-order valence-electron chi connectivity index (χ3n) is 1.60. The molecule has 0 bridgehead atoms. The molecule has 0 fully saturated rings. The Bertz CT molecular complexity index is 356. The van der Waals surface area contributed by atoms with Gasteiger partial charge in [0.05, 0.1) is 17.7 Å². The quantitative estimate of drug-likeness (QED) is 0.759. The van der Waals surface area contributed by atoms with Crippen LogP contribution in [0, 0.1) is 0 Å². The minimum atomic E-state index is -1.46. The van der Waals surface area contributed by atoms with Crippen molar-refractivity contribution in [2.75, 3.05) is 7.11 Å². The molecule has 0 aromatic carbocycles. The van der Waals surface area contributed by atoms with Crippen molar-refractivity contribution in [1.82, 2.24) is 4.98 Å². The molecule has 1 heterocycles. The molecule has 0 aliphatic heterocycles. The number of pyridine rings is 1. The van der Waals surface area contributed by atoms with Gasteiger partial charge in [0.1, 0.15) is 0 Å². The maximum absolute atomic E-state index is 10.7. The van der Waals surface area contributed by atoms with Crippen LogP contribution in [0.25, 0.3) is 0 Å². The second-order valence-electron chi connectivity index (χ2n) is 2.56. The molecule has 14 heavy (non-hydrogen) atoms. The van der Waals surface area contributed by atoms with E-state index in [1.807, 2.05) is 0 Å². The fourth-order valence-corrected chi connectivity index (χ4v) is 1.13. The van der Waals surface area contributed by atoms with E-state index in [0.29, 0.717) is 5.02 Å². The topological polar surface area (TPSA) is 85.4 Å². The van der Waals surface area contributed by atoms with Gasteiger partial charge in [-0.15, -0.1) is 0 Å². The molecule has 1 unspecified atom stereocenters. The van der Waals surface area contributed by atoms with Crippen LogP contribution in [0.2, 0.25) is 5.02 Å². The highest BCUT2D eigenvalue weighted by molar-refractivity contribution is 6.30. The number of halogens is 1.